The van der Waals surface area contributed by atoms with E-state index in [1.54, 1.807) is 7.11 Å². The average Bonchev–Trinajstić information content (AvgIpc) is 2.93. The fourth-order valence-corrected chi connectivity index (χ4v) is 2.26. The maximum atomic E-state index is 5.19. The van der Waals surface area contributed by atoms with Crippen LogP contribution >= 0.6 is 0 Å². The number of aromatic nitrogens is 2. The van der Waals surface area contributed by atoms with Gasteiger partial charge in [-0.25, -0.2) is 4.98 Å². The lowest BCUT2D eigenvalue weighted by molar-refractivity contribution is 0.163. The normalized spacial score (nSPS) is 12.3. The van der Waals surface area contributed by atoms with Gasteiger partial charge in [0.2, 0.25) is 5.95 Å². The number of ether oxygens (including phenoxy) is 1. The van der Waals surface area contributed by atoms with Crippen LogP contribution in [0.5, 0.6) is 0 Å². The first kappa shape index (κ1) is 14.6. The smallest absolute Gasteiger partial charge is 0.203 e. The highest BCUT2D eigenvalue weighted by molar-refractivity contribution is 5.26. The summed E-state index contributed by atoms with van der Waals surface area (Å²) < 4.78 is 7.31. The first-order chi connectivity index (χ1) is 9.81. The van der Waals surface area contributed by atoms with E-state index in [2.05, 4.69) is 52.1 Å². The molecule has 1 N–H and O–H groups in total. The standard InChI is InChI=1S/C16H23N3O/c1-14(13-20-2)19-12-11-18-16(19)17-10-6-9-15-7-4-3-5-8-15/h3-5,7-8,11-12,14H,6,9-10,13H2,1-2H3,(H,17,18). The van der Waals surface area contributed by atoms with Crippen LogP contribution in [0.4, 0.5) is 5.95 Å². The summed E-state index contributed by atoms with van der Waals surface area (Å²) >= 11 is 0. The summed E-state index contributed by atoms with van der Waals surface area (Å²) in [6, 6.07) is 10.8. The van der Waals surface area contributed by atoms with E-state index in [0.717, 1.165) is 25.3 Å². The van der Waals surface area contributed by atoms with E-state index >= 15 is 0 Å². The second-order valence-electron chi connectivity index (χ2n) is 4.98. The number of anilines is 1. The number of rotatable bonds is 8. The second kappa shape index (κ2) is 7.70. The van der Waals surface area contributed by atoms with Gasteiger partial charge in [0.15, 0.2) is 0 Å². The summed E-state index contributed by atoms with van der Waals surface area (Å²) in [7, 11) is 1.72. The zero-order valence-corrected chi connectivity index (χ0v) is 12.2. The summed E-state index contributed by atoms with van der Waals surface area (Å²) in [5.74, 6) is 0.919. The number of methoxy groups -OCH3 is 1. The van der Waals surface area contributed by atoms with Crippen LogP contribution in [0.3, 0.4) is 0 Å². The molecule has 0 saturated carbocycles. The molecule has 0 aliphatic heterocycles. The van der Waals surface area contributed by atoms with E-state index in [-0.39, 0.29) is 0 Å². The monoisotopic (exact) mass is 273 g/mol. The zero-order chi connectivity index (χ0) is 14.2. The first-order valence-electron chi connectivity index (χ1n) is 7.11. The fraction of sp³-hybridized carbons (Fsp3) is 0.438. The van der Waals surface area contributed by atoms with Gasteiger partial charge in [-0.15, -0.1) is 0 Å². The topological polar surface area (TPSA) is 39.1 Å². The Morgan fingerprint density at radius 1 is 1.30 bits per heavy atom. The molecule has 0 radical (unpaired) electrons. The van der Waals surface area contributed by atoms with Crippen LogP contribution in [-0.2, 0) is 11.2 Å². The van der Waals surface area contributed by atoms with E-state index < -0.39 is 0 Å². The molecular weight excluding hydrogens is 250 g/mol. The van der Waals surface area contributed by atoms with Crippen molar-refractivity contribution in [3.8, 4) is 0 Å². The molecule has 1 atom stereocenters. The fourth-order valence-electron chi connectivity index (χ4n) is 2.26. The van der Waals surface area contributed by atoms with Gasteiger partial charge in [0.25, 0.3) is 0 Å². The van der Waals surface area contributed by atoms with Gasteiger partial charge in [-0.05, 0) is 25.3 Å². The van der Waals surface area contributed by atoms with Crippen LogP contribution in [0.2, 0.25) is 0 Å². The maximum Gasteiger partial charge on any atom is 0.203 e. The highest BCUT2D eigenvalue weighted by atomic mass is 16.5. The van der Waals surface area contributed by atoms with E-state index in [0.29, 0.717) is 12.6 Å². The van der Waals surface area contributed by atoms with Crippen molar-refractivity contribution in [1.82, 2.24) is 9.55 Å². The van der Waals surface area contributed by atoms with Crippen LogP contribution < -0.4 is 5.32 Å². The molecule has 20 heavy (non-hydrogen) atoms. The van der Waals surface area contributed by atoms with Gasteiger partial charge in [0.1, 0.15) is 0 Å². The number of imidazole rings is 1. The molecule has 0 aliphatic carbocycles. The first-order valence-corrected chi connectivity index (χ1v) is 7.11. The summed E-state index contributed by atoms with van der Waals surface area (Å²) in [6.45, 7) is 3.74. The van der Waals surface area contributed by atoms with Crippen LogP contribution in [0, 0.1) is 0 Å². The maximum absolute atomic E-state index is 5.19. The van der Waals surface area contributed by atoms with Crippen LogP contribution in [0.1, 0.15) is 24.9 Å². The minimum Gasteiger partial charge on any atom is -0.383 e. The van der Waals surface area contributed by atoms with Crippen molar-refractivity contribution in [2.45, 2.75) is 25.8 Å². The SMILES string of the molecule is COCC(C)n1ccnc1NCCCc1ccccc1. The minimum atomic E-state index is 0.291. The minimum absolute atomic E-state index is 0.291. The predicted octanol–water partition coefficient (Wildman–Crippen LogP) is 3.14. The highest BCUT2D eigenvalue weighted by Crippen LogP contribution is 2.13. The highest BCUT2D eigenvalue weighted by Gasteiger charge is 2.08. The molecule has 4 heteroatoms. The van der Waals surface area contributed by atoms with Crippen molar-refractivity contribution in [3.63, 3.8) is 0 Å². The van der Waals surface area contributed by atoms with Crippen LogP contribution in [0.25, 0.3) is 0 Å². The predicted molar refractivity (Wildman–Crippen MR) is 82.1 cm³/mol. The van der Waals surface area contributed by atoms with Crippen molar-refractivity contribution < 1.29 is 4.74 Å². The molecule has 2 rings (SSSR count). The van der Waals surface area contributed by atoms with Gasteiger partial charge in [-0.3, -0.25) is 0 Å². The summed E-state index contributed by atoms with van der Waals surface area (Å²) in [5, 5.41) is 3.40. The molecule has 1 aromatic carbocycles. The van der Waals surface area contributed by atoms with Crippen molar-refractivity contribution >= 4 is 5.95 Å². The van der Waals surface area contributed by atoms with E-state index in [4.69, 9.17) is 4.74 Å². The molecule has 0 amide bonds. The number of benzene rings is 1. The van der Waals surface area contributed by atoms with E-state index in [1.165, 1.54) is 5.56 Å². The number of nitrogens with zero attached hydrogens (tertiary/aromatic N) is 2. The molecule has 0 saturated heterocycles. The molecule has 108 valence electrons. The Morgan fingerprint density at radius 3 is 2.85 bits per heavy atom. The lowest BCUT2D eigenvalue weighted by Gasteiger charge is -2.16. The molecule has 1 heterocycles. The largest absolute Gasteiger partial charge is 0.383 e. The van der Waals surface area contributed by atoms with Gasteiger partial charge < -0.3 is 14.6 Å². The molecular formula is C16H23N3O. The van der Waals surface area contributed by atoms with Gasteiger partial charge in [-0.1, -0.05) is 30.3 Å². The molecule has 1 aromatic heterocycles. The van der Waals surface area contributed by atoms with Crippen molar-refractivity contribution in [2.24, 2.45) is 0 Å². The van der Waals surface area contributed by atoms with Crippen molar-refractivity contribution in [2.75, 3.05) is 25.6 Å². The van der Waals surface area contributed by atoms with E-state index in [1.807, 2.05) is 12.4 Å². The Bertz CT molecular complexity index is 495. The Hall–Kier alpha value is -1.81. The van der Waals surface area contributed by atoms with Crippen molar-refractivity contribution in [1.29, 1.82) is 0 Å². The number of hydrogen-bond acceptors (Lipinski definition) is 3. The zero-order valence-electron chi connectivity index (χ0n) is 12.2. The van der Waals surface area contributed by atoms with Gasteiger partial charge >= 0.3 is 0 Å². The summed E-state index contributed by atoms with van der Waals surface area (Å²) in [6.07, 6.45) is 5.99. The third kappa shape index (κ3) is 4.10. The van der Waals surface area contributed by atoms with E-state index in [9.17, 15) is 0 Å². The molecule has 1 unspecified atom stereocenters. The summed E-state index contributed by atoms with van der Waals surface area (Å²) in [5.41, 5.74) is 1.38. The Morgan fingerprint density at radius 2 is 2.10 bits per heavy atom. The molecule has 2 aromatic rings. The van der Waals surface area contributed by atoms with Crippen LogP contribution in [0.15, 0.2) is 42.7 Å². The molecule has 4 nitrogen and oxygen atoms in total. The average molecular weight is 273 g/mol. The Kier molecular flexibility index (Phi) is 5.62. The Balaban J connectivity index is 1.78. The number of aryl methyl sites for hydroxylation is 1. The number of nitrogens with one attached hydrogen (secondary N) is 1. The lowest BCUT2D eigenvalue weighted by Crippen LogP contribution is -2.15. The lowest BCUT2D eigenvalue weighted by atomic mass is 10.1. The Labute approximate surface area is 120 Å². The van der Waals surface area contributed by atoms with Gasteiger partial charge in [0, 0.05) is 26.0 Å². The van der Waals surface area contributed by atoms with Gasteiger partial charge in [0.05, 0.1) is 12.6 Å². The molecule has 0 fully saturated rings. The third-order valence-corrected chi connectivity index (χ3v) is 3.32. The van der Waals surface area contributed by atoms with Gasteiger partial charge in [-0.2, -0.15) is 0 Å². The molecule has 0 bridgehead atoms. The van der Waals surface area contributed by atoms with Crippen molar-refractivity contribution in [3.05, 3.63) is 48.3 Å². The molecule has 0 spiro atoms. The number of hydrogen-bond donors (Lipinski definition) is 1. The quantitative estimate of drug-likeness (QED) is 0.751. The third-order valence-electron chi connectivity index (χ3n) is 3.32. The second-order valence-corrected chi connectivity index (χ2v) is 4.98. The summed E-state index contributed by atoms with van der Waals surface area (Å²) in [4.78, 5) is 4.36. The van der Waals surface area contributed by atoms with Crippen LogP contribution in [-0.4, -0.2) is 29.8 Å². The molecule has 0 aliphatic rings.